The molecule has 5 heteroatoms. The fourth-order valence-corrected chi connectivity index (χ4v) is 3.30. The van der Waals surface area contributed by atoms with Gasteiger partial charge < -0.3 is 9.47 Å². The van der Waals surface area contributed by atoms with Crippen molar-refractivity contribution in [3.8, 4) is 11.5 Å². The normalized spacial score (nSPS) is 10.5. The maximum atomic E-state index is 12.8. The smallest absolute Gasteiger partial charge is 0.308 e. The minimum atomic E-state index is -0.483. The Bertz CT molecular complexity index is 862. The molecule has 0 N–H and O–H groups in total. The molecule has 116 valence electrons. The number of carbonyl (C=O) groups excluding carboxylic acids is 2. The van der Waals surface area contributed by atoms with E-state index >= 15 is 0 Å². The molecule has 0 atom stereocenters. The first-order valence-corrected chi connectivity index (χ1v) is 7.80. The third-order valence-electron chi connectivity index (χ3n) is 3.34. The average Bonchev–Trinajstić information content (AvgIpc) is 2.97. The summed E-state index contributed by atoms with van der Waals surface area (Å²) in [5.41, 5.74) is 0.340. The molecule has 0 saturated carbocycles. The number of fused-ring (bicyclic) bond motifs is 1. The van der Waals surface area contributed by atoms with E-state index in [0.29, 0.717) is 16.2 Å². The second kappa shape index (κ2) is 6.22. The van der Waals surface area contributed by atoms with Crippen molar-refractivity contribution in [1.82, 2.24) is 0 Å². The standard InChI is InChI=1S/C18H14O4S/c1-11(19)22-15-10-13(21-2)7-8-14(15)18(20)17-9-12-5-3-4-6-16(12)23-17/h3-10H,1-2H3. The molecule has 1 heterocycles. The molecule has 0 aliphatic carbocycles. The summed E-state index contributed by atoms with van der Waals surface area (Å²) in [7, 11) is 1.51. The lowest BCUT2D eigenvalue weighted by Gasteiger charge is -2.09. The summed E-state index contributed by atoms with van der Waals surface area (Å²) >= 11 is 1.42. The van der Waals surface area contributed by atoms with Gasteiger partial charge >= 0.3 is 5.97 Å². The summed E-state index contributed by atoms with van der Waals surface area (Å²) in [6, 6.07) is 14.5. The average molecular weight is 326 g/mol. The first-order chi connectivity index (χ1) is 11.1. The number of hydrogen-bond donors (Lipinski definition) is 0. The molecule has 23 heavy (non-hydrogen) atoms. The number of benzene rings is 2. The predicted octanol–water partition coefficient (Wildman–Crippen LogP) is 4.07. The van der Waals surface area contributed by atoms with Gasteiger partial charge in [-0.2, -0.15) is 0 Å². The zero-order chi connectivity index (χ0) is 16.4. The third kappa shape index (κ3) is 3.10. The summed E-state index contributed by atoms with van der Waals surface area (Å²) < 4.78 is 11.3. The highest BCUT2D eigenvalue weighted by atomic mass is 32.1. The maximum Gasteiger partial charge on any atom is 0.308 e. The lowest BCUT2D eigenvalue weighted by atomic mass is 10.1. The molecule has 2 aromatic carbocycles. The van der Waals surface area contributed by atoms with Crippen LogP contribution >= 0.6 is 11.3 Å². The molecule has 0 saturated heterocycles. The van der Waals surface area contributed by atoms with E-state index in [9.17, 15) is 9.59 Å². The van der Waals surface area contributed by atoms with Gasteiger partial charge in [0.2, 0.25) is 5.78 Å². The summed E-state index contributed by atoms with van der Waals surface area (Å²) in [6.07, 6.45) is 0. The van der Waals surface area contributed by atoms with Gasteiger partial charge in [0.1, 0.15) is 11.5 Å². The highest BCUT2D eigenvalue weighted by molar-refractivity contribution is 7.21. The molecule has 0 radical (unpaired) electrons. The Balaban J connectivity index is 2.05. The Labute approximate surface area is 137 Å². The summed E-state index contributed by atoms with van der Waals surface area (Å²) in [4.78, 5) is 24.7. The van der Waals surface area contributed by atoms with Crippen LogP contribution in [0.25, 0.3) is 10.1 Å². The molecule has 3 rings (SSSR count). The van der Waals surface area contributed by atoms with Crippen LogP contribution in [0.4, 0.5) is 0 Å². The number of esters is 1. The quantitative estimate of drug-likeness (QED) is 0.412. The van der Waals surface area contributed by atoms with Gasteiger partial charge in [0, 0.05) is 17.7 Å². The van der Waals surface area contributed by atoms with Crippen LogP contribution < -0.4 is 9.47 Å². The molecule has 0 aliphatic heterocycles. The van der Waals surface area contributed by atoms with Crippen molar-refractivity contribution >= 4 is 33.2 Å². The molecule has 0 bridgehead atoms. The Morgan fingerprint density at radius 2 is 1.83 bits per heavy atom. The van der Waals surface area contributed by atoms with Crippen molar-refractivity contribution in [2.24, 2.45) is 0 Å². The number of ketones is 1. The van der Waals surface area contributed by atoms with Gasteiger partial charge in [-0.05, 0) is 29.7 Å². The zero-order valence-corrected chi connectivity index (χ0v) is 13.5. The zero-order valence-electron chi connectivity index (χ0n) is 12.7. The maximum absolute atomic E-state index is 12.8. The number of thiophene rings is 1. The van der Waals surface area contributed by atoms with Crippen molar-refractivity contribution < 1.29 is 19.1 Å². The van der Waals surface area contributed by atoms with Crippen LogP contribution in [0.15, 0.2) is 48.5 Å². The lowest BCUT2D eigenvalue weighted by Crippen LogP contribution is -2.08. The van der Waals surface area contributed by atoms with E-state index in [4.69, 9.17) is 9.47 Å². The Hall–Kier alpha value is -2.66. The lowest BCUT2D eigenvalue weighted by molar-refractivity contribution is -0.131. The molecule has 3 aromatic rings. The Morgan fingerprint density at radius 1 is 1.04 bits per heavy atom. The number of methoxy groups -OCH3 is 1. The van der Waals surface area contributed by atoms with Gasteiger partial charge in [0.25, 0.3) is 0 Å². The van der Waals surface area contributed by atoms with Crippen molar-refractivity contribution in [2.75, 3.05) is 7.11 Å². The van der Waals surface area contributed by atoms with Crippen LogP contribution in [0.1, 0.15) is 22.2 Å². The van der Waals surface area contributed by atoms with Crippen LogP contribution in [0.2, 0.25) is 0 Å². The van der Waals surface area contributed by atoms with Gasteiger partial charge in [-0.15, -0.1) is 11.3 Å². The Morgan fingerprint density at radius 3 is 2.52 bits per heavy atom. The highest BCUT2D eigenvalue weighted by Gasteiger charge is 2.19. The van der Waals surface area contributed by atoms with E-state index in [0.717, 1.165) is 10.1 Å². The molecular formula is C18H14O4S. The highest BCUT2D eigenvalue weighted by Crippen LogP contribution is 2.31. The summed E-state index contributed by atoms with van der Waals surface area (Å²) in [5, 5.41) is 1.02. The van der Waals surface area contributed by atoms with E-state index in [-0.39, 0.29) is 11.5 Å². The van der Waals surface area contributed by atoms with Crippen LogP contribution in [0.5, 0.6) is 11.5 Å². The first-order valence-electron chi connectivity index (χ1n) is 6.98. The van der Waals surface area contributed by atoms with E-state index < -0.39 is 5.97 Å². The van der Waals surface area contributed by atoms with Crippen molar-refractivity contribution in [1.29, 1.82) is 0 Å². The molecular weight excluding hydrogens is 312 g/mol. The number of carbonyl (C=O) groups is 2. The van der Waals surface area contributed by atoms with Crippen molar-refractivity contribution in [3.63, 3.8) is 0 Å². The van der Waals surface area contributed by atoms with E-state index in [1.165, 1.54) is 25.4 Å². The molecule has 0 fully saturated rings. The minimum absolute atomic E-state index is 0.176. The molecule has 1 aromatic heterocycles. The number of ether oxygens (including phenoxy) is 2. The van der Waals surface area contributed by atoms with Crippen LogP contribution in [0.3, 0.4) is 0 Å². The fourth-order valence-electron chi connectivity index (χ4n) is 2.28. The van der Waals surface area contributed by atoms with E-state index in [2.05, 4.69) is 0 Å². The van der Waals surface area contributed by atoms with Crippen molar-refractivity contribution in [3.05, 3.63) is 59.0 Å². The van der Waals surface area contributed by atoms with Gasteiger partial charge in [0.05, 0.1) is 17.6 Å². The van der Waals surface area contributed by atoms with Gasteiger partial charge in [0.15, 0.2) is 0 Å². The molecule has 0 aliphatic rings. The van der Waals surface area contributed by atoms with Crippen LogP contribution in [-0.2, 0) is 4.79 Å². The fraction of sp³-hybridized carbons (Fsp3) is 0.111. The second-order valence-corrected chi connectivity index (χ2v) is 6.02. The SMILES string of the molecule is COc1ccc(C(=O)c2cc3ccccc3s2)c(OC(C)=O)c1. The van der Waals surface area contributed by atoms with Gasteiger partial charge in [-0.1, -0.05) is 18.2 Å². The Kier molecular flexibility index (Phi) is 4.12. The van der Waals surface area contributed by atoms with E-state index in [1.54, 1.807) is 18.2 Å². The topological polar surface area (TPSA) is 52.6 Å². The predicted molar refractivity (Wildman–Crippen MR) is 89.6 cm³/mol. The summed E-state index contributed by atoms with van der Waals surface area (Å²) in [6.45, 7) is 1.30. The molecule has 0 spiro atoms. The van der Waals surface area contributed by atoms with E-state index in [1.807, 2.05) is 30.3 Å². The first kappa shape index (κ1) is 15.2. The molecule has 0 amide bonds. The second-order valence-electron chi connectivity index (χ2n) is 4.93. The monoisotopic (exact) mass is 326 g/mol. The minimum Gasteiger partial charge on any atom is -0.497 e. The van der Waals surface area contributed by atoms with Gasteiger partial charge in [-0.3, -0.25) is 9.59 Å². The molecule has 0 unspecified atom stereocenters. The van der Waals surface area contributed by atoms with Crippen LogP contribution in [-0.4, -0.2) is 18.9 Å². The van der Waals surface area contributed by atoms with Crippen LogP contribution in [0, 0.1) is 0 Å². The summed E-state index contributed by atoms with van der Waals surface area (Å²) in [5.74, 6) is 0.0715. The van der Waals surface area contributed by atoms with Gasteiger partial charge in [-0.25, -0.2) is 0 Å². The van der Waals surface area contributed by atoms with Crippen molar-refractivity contribution in [2.45, 2.75) is 6.92 Å². The number of hydrogen-bond acceptors (Lipinski definition) is 5. The molecule has 4 nitrogen and oxygen atoms in total. The number of rotatable bonds is 4. The third-order valence-corrected chi connectivity index (χ3v) is 4.45. The largest absolute Gasteiger partial charge is 0.497 e.